The Morgan fingerprint density at radius 2 is 1.29 bits per heavy atom. The van der Waals surface area contributed by atoms with Crippen molar-refractivity contribution >= 4 is 33.7 Å². The van der Waals surface area contributed by atoms with Crippen LogP contribution < -0.4 is 24.7 Å². The van der Waals surface area contributed by atoms with Crippen LogP contribution >= 0.6 is 0 Å². The summed E-state index contributed by atoms with van der Waals surface area (Å²) in [7, 11) is -4.38. The molecule has 13 nitrogen and oxygen atoms in total. The normalized spacial score (nSPS) is 11.1. The summed E-state index contributed by atoms with van der Waals surface area (Å²) in [6.07, 6.45) is 5.42. The van der Waals surface area contributed by atoms with E-state index in [1.165, 1.54) is 70.3 Å². The predicted octanol–water partition coefficient (Wildman–Crippen LogP) is -1.86. The zero-order chi connectivity index (χ0) is 25.2. The van der Waals surface area contributed by atoms with Gasteiger partial charge >= 0.3 is 17.8 Å². The maximum absolute atomic E-state index is 11.3. The van der Waals surface area contributed by atoms with Crippen LogP contribution in [-0.4, -0.2) is 39.9 Å². The summed E-state index contributed by atoms with van der Waals surface area (Å²) < 4.78 is 34.3. The lowest BCUT2D eigenvalue weighted by Gasteiger charge is -2.05. The minimum absolute atomic E-state index is 0.0264. The molecule has 0 atom stereocenters. The number of aromatic nitrogens is 5. The molecule has 3 heterocycles. The van der Waals surface area contributed by atoms with Gasteiger partial charge in [-0.1, -0.05) is 0 Å². The lowest BCUT2D eigenvalue weighted by atomic mass is 10.3. The summed E-state index contributed by atoms with van der Waals surface area (Å²) in [4.78, 5) is 35.0. The van der Waals surface area contributed by atoms with Crippen molar-refractivity contribution in [2.75, 3.05) is 5.32 Å². The molecule has 0 unspecified atom stereocenters. The van der Waals surface area contributed by atoms with Gasteiger partial charge in [0.15, 0.2) is 0 Å². The number of carboxylic acid groups (broad SMARTS) is 2. The van der Waals surface area contributed by atoms with E-state index in [0.717, 1.165) is 12.1 Å². The fourth-order valence-electron chi connectivity index (χ4n) is 2.92. The largest absolute Gasteiger partial charge is 0.545 e. The number of carbonyl (C=O) groups is 2. The van der Waals surface area contributed by atoms with E-state index in [2.05, 4.69) is 20.3 Å². The second kappa shape index (κ2) is 9.20. The minimum Gasteiger partial charge on any atom is -0.545 e. The van der Waals surface area contributed by atoms with Gasteiger partial charge in [0.1, 0.15) is 0 Å². The number of nitrogens with zero attached hydrogens (tertiary/aromatic N) is 5. The third-order valence-corrected chi connectivity index (χ3v) is 5.42. The zero-order valence-corrected chi connectivity index (χ0v) is 18.3. The molecule has 176 valence electrons. The first-order valence-corrected chi connectivity index (χ1v) is 11.1. The summed E-state index contributed by atoms with van der Waals surface area (Å²) in [5.41, 5.74) is 0.0650. The van der Waals surface area contributed by atoms with Gasteiger partial charge in [-0.25, -0.2) is 9.13 Å². The molecule has 0 bridgehead atoms. The van der Waals surface area contributed by atoms with Crippen LogP contribution in [0.3, 0.4) is 0 Å². The number of carboxylic acids is 2. The van der Waals surface area contributed by atoms with Crippen LogP contribution in [0, 0.1) is 0 Å². The standard InChI is InChI=1S/C21H14N6O7S/c28-17(29)13-3-1-9-26(11-13)20-23-19(22-15-5-7-16(8-6-15)35(32,33)34)24-21(25-20)27-10-2-4-14(12-27)18(30)31/h1-12H,(H2-2,22,23,24,25,28,29,30,31,32,33,34). The van der Waals surface area contributed by atoms with Crippen LogP contribution in [-0.2, 0) is 10.1 Å². The van der Waals surface area contributed by atoms with Crippen LogP contribution in [0.15, 0.2) is 78.2 Å². The van der Waals surface area contributed by atoms with Crippen molar-refractivity contribution in [3.63, 3.8) is 0 Å². The smallest absolute Gasteiger partial charge is 0.448 e. The lowest BCUT2D eigenvalue weighted by Crippen LogP contribution is -2.40. The third kappa shape index (κ3) is 5.40. The Bertz CT molecular complexity index is 1480. The molecule has 0 saturated carbocycles. The molecule has 0 aliphatic heterocycles. The van der Waals surface area contributed by atoms with E-state index >= 15 is 0 Å². The van der Waals surface area contributed by atoms with E-state index in [-0.39, 0.29) is 33.9 Å². The summed E-state index contributed by atoms with van der Waals surface area (Å²) in [6.45, 7) is 0. The topological polar surface area (TPSA) is 193 Å². The Morgan fingerprint density at radius 3 is 1.71 bits per heavy atom. The minimum atomic E-state index is -4.38. The number of rotatable bonds is 7. The Balaban J connectivity index is 1.81. The Morgan fingerprint density at radius 1 is 0.800 bits per heavy atom. The highest BCUT2D eigenvalue weighted by Crippen LogP contribution is 2.17. The van der Waals surface area contributed by atoms with E-state index in [4.69, 9.17) is 4.55 Å². The zero-order valence-electron chi connectivity index (χ0n) is 17.5. The summed E-state index contributed by atoms with van der Waals surface area (Å²) >= 11 is 0. The van der Waals surface area contributed by atoms with Gasteiger partial charge < -0.3 is 19.8 Å². The Hall–Kier alpha value is -4.82. The molecule has 0 saturated heterocycles. The van der Waals surface area contributed by atoms with Crippen molar-refractivity contribution in [2.45, 2.75) is 4.90 Å². The average Bonchev–Trinajstić information content (AvgIpc) is 2.84. The summed E-state index contributed by atoms with van der Waals surface area (Å²) in [5, 5.41) is 25.4. The molecular formula is C21H14N6O7S. The number of hydrogen-bond acceptors (Lipinski definition) is 10. The number of hydrogen-bond donors (Lipinski definition) is 2. The SMILES string of the molecule is O=C([O-])c1ccc[n+](-c2nc(Nc3ccc(S(=O)(=O)O)cc3)nc(-[n+]3cccc(C(=O)[O-])c3)n2)c1. The molecule has 0 aliphatic rings. The molecule has 14 heteroatoms. The molecule has 2 N–H and O–H groups in total. The number of nitrogens with one attached hydrogen (secondary N) is 1. The van der Waals surface area contributed by atoms with Crippen molar-refractivity contribution in [2.24, 2.45) is 0 Å². The molecule has 0 spiro atoms. The van der Waals surface area contributed by atoms with E-state index in [0.29, 0.717) is 5.69 Å². The van der Waals surface area contributed by atoms with Gasteiger partial charge in [-0.15, -0.1) is 0 Å². The highest BCUT2D eigenvalue weighted by molar-refractivity contribution is 7.85. The molecule has 1 aromatic carbocycles. The molecule has 35 heavy (non-hydrogen) atoms. The fourth-order valence-corrected chi connectivity index (χ4v) is 3.40. The molecule has 0 amide bonds. The third-order valence-electron chi connectivity index (χ3n) is 4.55. The lowest BCUT2D eigenvalue weighted by molar-refractivity contribution is -0.616. The Kier molecular flexibility index (Phi) is 6.14. The van der Waals surface area contributed by atoms with Crippen LogP contribution in [0.1, 0.15) is 20.7 Å². The average molecular weight is 494 g/mol. The first-order chi connectivity index (χ1) is 16.6. The van der Waals surface area contributed by atoms with E-state index in [1.807, 2.05) is 0 Å². The van der Waals surface area contributed by atoms with E-state index < -0.39 is 22.1 Å². The van der Waals surface area contributed by atoms with Gasteiger partial charge in [0.25, 0.3) is 10.1 Å². The van der Waals surface area contributed by atoms with Crippen molar-refractivity contribution in [3.05, 3.63) is 84.4 Å². The highest BCUT2D eigenvalue weighted by atomic mass is 32.2. The second-order valence-corrected chi connectivity index (χ2v) is 8.38. The maximum atomic E-state index is 11.3. The number of benzene rings is 1. The summed E-state index contributed by atoms with van der Waals surface area (Å²) in [5.74, 6) is -2.92. The van der Waals surface area contributed by atoms with Gasteiger partial charge in [0.05, 0.1) is 41.6 Å². The van der Waals surface area contributed by atoms with E-state index in [1.54, 1.807) is 0 Å². The Labute approximate surface area is 197 Å². The van der Waals surface area contributed by atoms with Crippen molar-refractivity contribution in [1.82, 2.24) is 15.0 Å². The summed E-state index contributed by atoms with van der Waals surface area (Å²) in [6, 6.07) is 10.6. The highest BCUT2D eigenvalue weighted by Gasteiger charge is 2.24. The van der Waals surface area contributed by atoms with Gasteiger partial charge in [0, 0.05) is 21.8 Å². The van der Waals surface area contributed by atoms with Crippen molar-refractivity contribution in [3.8, 4) is 11.9 Å². The molecule has 4 rings (SSSR count). The number of carbonyl (C=O) groups excluding carboxylic acids is 2. The molecule has 0 fully saturated rings. The van der Waals surface area contributed by atoms with Gasteiger partial charge in [-0.05, 0) is 58.5 Å². The molecule has 0 aliphatic carbocycles. The van der Waals surface area contributed by atoms with Crippen molar-refractivity contribution in [1.29, 1.82) is 0 Å². The van der Waals surface area contributed by atoms with Gasteiger partial charge in [-0.2, -0.15) is 8.42 Å². The van der Waals surface area contributed by atoms with Crippen LogP contribution in [0.5, 0.6) is 0 Å². The number of anilines is 2. The fraction of sp³-hybridized carbons (Fsp3) is 0. The second-order valence-electron chi connectivity index (χ2n) is 6.96. The maximum Gasteiger partial charge on any atom is 0.448 e. The van der Waals surface area contributed by atoms with E-state index in [9.17, 15) is 28.2 Å². The van der Waals surface area contributed by atoms with Gasteiger partial charge in [-0.3, -0.25) is 9.87 Å². The number of pyridine rings is 2. The first kappa shape index (κ1) is 23.3. The first-order valence-electron chi connectivity index (χ1n) is 9.67. The monoisotopic (exact) mass is 494 g/mol. The molecular weight excluding hydrogens is 480 g/mol. The number of aromatic carboxylic acids is 2. The molecule has 4 aromatic rings. The van der Waals surface area contributed by atoms with Crippen LogP contribution in [0.25, 0.3) is 11.9 Å². The van der Waals surface area contributed by atoms with Crippen molar-refractivity contribution < 1.29 is 41.9 Å². The molecule has 3 aromatic heterocycles. The molecule has 0 radical (unpaired) electrons. The van der Waals surface area contributed by atoms with Crippen LogP contribution in [0.4, 0.5) is 11.6 Å². The predicted molar refractivity (Wildman–Crippen MR) is 111 cm³/mol. The van der Waals surface area contributed by atoms with Crippen LogP contribution in [0.2, 0.25) is 0 Å². The van der Waals surface area contributed by atoms with Gasteiger partial charge in [0.2, 0.25) is 0 Å². The quantitative estimate of drug-likeness (QED) is 0.216.